The third-order valence-electron chi connectivity index (χ3n) is 0.282. The highest BCUT2D eigenvalue weighted by molar-refractivity contribution is 4.70. The molecule has 0 unspecified atom stereocenters. The van der Waals surface area contributed by atoms with Crippen LogP contribution in [-0.4, -0.2) is 6.67 Å². The molecule has 6 heavy (non-hydrogen) atoms. The molecular weight excluding hydrogens is 83.0 g/mol. The van der Waals surface area contributed by atoms with Crippen molar-refractivity contribution in [3.8, 4) is 0 Å². The highest BCUT2D eigenvalue weighted by Gasteiger charge is 1.62. The van der Waals surface area contributed by atoms with Gasteiger partial charge in [0.15, 0.2) is 0 Å². The minimum Gasteiger partial charge on any atom is -0.498 e. The standard InChI is InChI=1S/C4H6FO/c1-6-4-2-3-5/h2,4H,1,3H2. The Morgan fingerprint density at radius 3 is 2.67 bits per heavy atom. The predicted octanol–water partition coefficient (Wildman–Crippen LogP) is 1.28. The summed E-state index contributed by atoms with van der Waals surface area (Å²) in [5.74, 6) is 0. The molecule has 0 aliphatic carbocycles. The van der Waals surface area contributed by atoms with Gasteiger partial charge in [-0.2, -0.15) is 0 Å². The van der Waals surface area contributed by atoms with Crippen LogP contribution in [-0.2, 0) is 4.74 Å². The van der Waals surface area contributed by atoms with E-state index in [1.54, 1.807) is 0 Å². The maximum absolute atomic E-state index is 11.0. The largest absolute Gasteiger partial charge is 0.498 e. The lowest BCUT2D eigenvalue weighted by Gasteiger charge is -1.78. The van der Waals surface area contributed by atoms with Gasteiger partial charge in [0.1, 0.15) is 13.8 Å². The van der Waals surface area contributed by atoms with Gasteiger partial charge in [0.25, 0.3) is 0 Å². The van der Waals surface area contributed by atoms with Crippen molar-refractivity contribution in [2.75, 3.05) is 6.67 Å². The monoisotopic (exact) mass is 89.0 g/mol. The predicted molar refractivity (Wildman–Crippen MR) is 21.6 cm³/mol. The van der Waals surface area contributed by atoms with Crippen molar-refractivity contribution < 1.29 is 9.13 Å². The zero-order valence-corrected chi connectivity index (χ0v) is 3.36. The minimum atomic E-state index is -0.491. The molecule has 0 spiro atoms. The molecule has 0 bridgehead atoms. The van der Waals surface area contributed by atoms with E-state index in [1.165, 1.54) is 12.3 Å². The molecule has 0 atom stereocenters. The summed E-state index contributed by atoms with van der Waals surface area (Å²) < 4.78 is 15.1. The van der Waals surface area contributed by atoms with E-state index in [4.69, 9.17) is 0 Å². The quantitative estimate of drug-likeness (QED) is 0.463. The Morgan fingerprint density at radius 1 is 1.83 bits per heavy atom. The number of hydrogen-bond donors (Lipinski definition) is 0. The van der Waals surface area contributed by atoms with Gasteiger partial charge in [0, 0.05) is 0 Å². The van der Waals surface area contributed by atoms with Gasteiger partial charge in [0.2, 0.25) is 0 Å². The SMILES string of the molecule is [CH2]OC=CCF. The second-order valence-electron chi connectivity index (χ2n) is 0.693. The number of rotatable bonds is 2. The van der Waals surface area contributed by atoms with Gasteiger partial charge in [-0.15, -0.1) is 0 Å². The van der Waals surface area contributed by atoms with E-state index in [9.17, 15) is 4.39 Å². The van der Waals surface area contributed by atoms with E-state index in [2.05, 4.69) is 11.8 Å². The fourth-order valence-electron chi connectivity index (χ4n) is 0.104. The van der Waals surface area contributed by atoms with Crippen molar-refractivity contribution in [2.45, 2.75) is 0 Å². The molecule has 0 aromatic rings. The van der Waals surface area contributed by atoms with E-state index in [0.29, 0.717) is 0 Å². The Labute approximate surface area is 36.4 Å². The molecule has 2 heteroatoms. The number of alkyl halides is 1. The van der Waals surface area contributed by atoms with Gasteiger partial charge in [-0.3, -0.25) is 0 Å². The Bertz CT molecular complexity index is 36.8. The topological polar surface area (TPSA) is 9.23 Å². The van der Waals surface area contributed by atoms with Gasteiger partial charge in [-0.25, -0.2) is 4.39 Å². The lowest BCUT2D eigenvalue weighted by atomic mass is 10.7. The van der Waals surface area contributed by atoms with Crippen LogP contribution < -0.4 is 0 Å². The molecule has 0 amide bonds. The first-order valence-electron chi connectivity index (χ1n) is 1.53. The lowest BCUT2D eigenvalue weighted by molar-refractivity contribution is 0.389. The number of halogens is 1. The molecule has 0 rings (SSSR count). The maximum atomic E-state index is 11.0. The Hall–Kier alpha value is -0.530. The Morgan fingerprint density at radius 2 is 2.50 bits per heavy atom. The summed E-state index contributed by atoms with van der Waals surface area (Å²) in [4.78, 5) is 0. The molecule has 0 aromatic carbocycles. The Balaban J connectivity index is 2.73. The van der Waals surface area contributed by atoms with Crippen LogP contribution in [0, 0.1) is 7.11 Å². The molecule has 1 radical (unpaired) electrons. The van der Waals surface area contributed by atoms with Gasteiger partial charge in [-0.05, 0) is 6.08 Å². The smallest absolute Gasteiger partial charge is 0.121 e. The van der Waals surface area contributed by atoms with Crippen LogP contribution >= 0.6 is 0 Å². The second kappa shape index (κ2) is 4.47. The van der Waals surface area contributed by atoms with Crippen molar-refractivity contribution >= 4 is 0 Å². The van der Waals surface area contributed by atoms with E-state index in [1.807, 2.05) is 0 Å². The number of allylic oxidation sites excluding steroid dienone is 1. The van der Waals surface area contributed by atoms with Crippen LogP contribution in [0.1, 0.15) is 0 Å². The van der Waals surface area contributed by atoms with Gasteiger partial charge >= 0.3 is 0 Å². The highest BCUT2D eigenvalue weighted by Crippen LogP contribution is 1.72. The molecule has 35 valence electrons. The van der Waals surface area contributed by atoms with Crippen LogP contribution in [0.2, 0.25) is 0 Å². The molecule has 0 heterocycles. The first-order chi connectivity index (χ1) is 2.91. The van der Waals surface area contributed by atoms with Crippen molar-refractivity contribution in [1.29, 1.82) is 0 Å². The highest BCUT2D eigenvalue weighted by atomic mass is 19.1. The van der Waals surface area contributed by atoms with Crippen LogP contribution in [0.3, 0.4) is 0 Å². The van der Waals surface area contributed by atoms with Crippen LogP contribution in [0.15, 0.2) is 12.3 Å². The minimum absolute atomic E-state index is 0.491. The molecule has 0 aromatic heterocycles. The van der Waals surface area contributed by atoms with Gasteiger partial charge < -0.3 is 4.74 Å². The fraction of sp³-hybridized carbons (Fsp3) is 0.250. The fourth-order valence-corrected chi connectivity index (χ4v) is 0.104. The summed E-state index contributed by atoms with van der Waals surface area (Å²) in [7, 11) is 2.97. The van der Waals surface area contributed by atoms with Crippen molar-refractivity contribution in [2.24, 2.45) is 0 Å². The first-order valence-corrected chi connectivity index (χ1v) is 1.53. The third-order valence-corrected chi connectivity index (χ3v) is 0.282. The summed E-state index contributed by atoms with van der Waals surface area (Å²) in [5, 5.41) is 0. The van der Waals surface area contributed by atoms with E-state index >= 15 is 0 Å². The number of hydrogen-bond acceptors (Lipinski definition) is 1. The third kappa shape index (κ3) is 3.47. The van der Waals surface area contributed by atoms with Crippen molar-refractivity contribution in [3.63, 3.8) is 0 Å². The van der Waals surface area contributed by atoms with Crippen molar-refractivity contribution in [1.82, 2.24) is 0 Å². The zero-order valence-electron chi connectivity index (χ0n) is 3.36. The van der Waals surface area contributed by atoms with Gasteiger partial charge in [0.05, 0.1) is 6.26 Å². The molecule has 0 fully saturated rings. The second-order valence-corrected chi connectivity index (χ2v) is 0.693. The first kappa shape index (κ1) is 5.47. The molecule has 1 nitrogen and oxygen atoms in total. The maximum Gasteiger partial charge on any atom is 0.121 e. The molecule has 0 saturated carbocycles. The normalized spacial score (nSPS) is 9.67. The summed E-state index contributed by atoms with van der Waals surface area (Å²) in [6, 6.07) is 0. The summed E-state index contributed by atoms with van der Waals surface area (Å²) in [5.41, 5.74) is 0. The Kier molecular flexibility index (Phi) is 4.08. The van der Waals surface area contributed by atoms with E-state index in [0.717, 1.165) is 0 Å². The molecule has 0 aliphatic heterocycles. The van der Waals surface area contributed by atoms with Crippen molar-refractivity contribution in [3.05, 3.63) is 19.4 Å². The van der Waals surface area contributed by atoms with Crippen LogP contribution in [0.4, 0.5) is 4.39 Å². The molecule has 0 saturated heterocycles. The van der Waals surface area contributed by atoms with Crippen LogP contribution in [0.25, 0.3) is 0 Å². The summed E-state index contributed by atoms with van der Waals surface area (Å²) in [6.07, 6.45) is 2.42. The lowest BCUT2D eigenvalue weighted by Crippen LogP contribution is -1.62. The average molecular weight is 89.1 g/mol. The summed E-state index contributed by atoms with van der Waals surface area (Å²) in [6.45, 7) is -0.491. The average Bonchev–Trinajstić information content (AvgIpc) is 1.61. The zero-order chi connectivity index (χ0) is 4.83. The number of ether oxygens (including phenoxy) is 1. The summed E-state index contributed by atoms with van der Waals surface area (Å²) >= 11 is 0. The van der Waals surface area contributed by atoms with E-state index < -0.39 is 6.67 Å². The molecule has 0 N–H and O–H groups in total. The molecular formula is C4H6FO. The van der Waals surface area contributed by atoms with Crippen LogP contribution in [0.5, 0.6) is 0 Å². The molecule has 0 aliphatic rings. The van der Waals surface area contributed by atoms with Gasteiger partial charge in [-0.1, -0.05) is 0 Å². The van der Waals surface area contributed by atoms with E-state index in [-0.39, 0.29) is 0 Å².